The number of rotatable bonds is 6. The first-order valence-corrected chi connectivity index (χ1v) is 12.7. The van der Waals surface area contributed by atoms with Crippen LogP contribution in [-0.4, -0.2) is 67.3 Å². The van der Waals surface area contributed by atoms with Gasteiger partial charge in [-0.05, 0) is 37.5 Å². The molecule has 0 saturated carbocycles. The average molecular weight is 466 g/mol. The molecule has 4 rings (SSSR count). The highest BCUT2D eigenvalue weighted by Gasteiger charge is 2.38. The second-order valence-electron chi connectivity index (χ2n) is 8.74. The Hall–Kier alpha value is -2.69. The molecule has 2 aromatic rings. The van der Waals surface area contributed by atoms with E-state index >= 15 is 0 Å². The summed E-state index contributed by atoms with van der Waals surface area (Å²) in [4.78, 5) is 21.2. The fourth-order valence-electron chi connectivity index (χ4n) is 4.19. The normalized spacial score (nSPS) is 20.4. The Morgan fingerprint density at radius 2 is 1.91 bits per heavy atom. The van der Waals surface area contributed by atoms with Crippen molar-refractivity contribution in [1.29, 1.82) is 0 Å². The highest BCUT2D eigenvalue weighted by molar-refractivity contribution is 7.90. The minimum atomic E-state index is -3.49. The van der Waals surface area contributed by atoms with E-state index in [9.17, 15) is 17.6 Å². The van der Waals surface area contributed by atoms with Gasteiger partial charge in [0.15, 0.2) is 15.7 Å². The molecule has 174 valence electrons. The number of nitrogens with one attached hydrogen (secondary N) is 1. The molecule has 32 heavy (non-hydrogen) atoms. The molecule has 1 unspecified atom stereocenters. The fourth-order valence-corrected chi connectivity index (χ4v) is 4.82. The van der Waals surface area contributed by atoms with Crippen molar-refractivity contribution in [2.45, 2.75) is 56.0 Å². The van der Waals surface area contributed by atoms with Gasteiger partial charge in [0, 0.05) is 37.8 Å². The van der Waals surface area contributed by atoms with Gasteiger partial charge >= 0.3 is 6.01 Å². The lowest BCUT2D eigenvalue weighted by Gasteiger charge is -2.36. The smallest absolute Gasteiger partial charge is 0.324 e. The molecule has 0 aliphatic carbocycles. The maximum atomic E-state index is 14.4. The number of hydrogen-bond donors (Lipinski definition) is 1. The van der Waals surface area contributed by atoms with Crippen molar-refractivity contribution in [2.75, 3.05) is 36.1 Å². The van der Waals surface area contributed by atoms with Gasteiger partial charge in [-0.1, -0.05) is 19.0 Å². The molecule has 0 bridgehead atoms. The molecule has 9 nitrogen and oxygen atoms in total. The molecule has 2 saturated heterocycles. The first kappa shape index (κ1) is 22.5. The zero-order chi connectivity index (χ0) is 23.0. The Morgan fingerprint density at radius 1 is 1.19 bits per heavy atom. The van der Waals surface area contributed by atoms with E-state index in [1.807, 2.05) is 23.6 Å². The van der Waals surface area contributed by atoms with Crippen LogP contribution in [-0.2, 0) is 14.6 Å². The topological polar surface area (TPSA) is 109 Å². The minimum Gasteiger partial charge on any atom is -0.371 e. The number of aromatic nitrogens is 2. The van der Waals surface area contributed by atoms with Gasteiger partial charge in [-0.2, -0.15) is 4.98 Å². The molecule has 1 aromatic carbocycles. The SMILES string of the molecule is CC(C)c1noc(N2CCC(N3CCC(Nc4ccc(S(C)(=O)=O)cc4F)C3=O)CC2)n1. The van der Waals surface area contributed by atoms with Gasteiger partial charge in [0.05, 0.1) is 10.6 Å². The number of anilines is 2. The summed E-state index contributed by atoms with van der Waals surface area (Å²) in [5.74, 6) is 0.134. The molecular weight excluding hydrogens is 437 g/mol. The monoisotopic (exact) mass is 465 g/mol. The van der Waals surface area contributed by atoms with Crippen LogP contribution in [0.4, 0.5) is 16.1 Å². The maximum Gasteiger partial charge on any atom is 0.324 e. The van der Waals surface area contributed by atoms with Crippen molar-refractivity contribution in [3.05, 3.63) is 29.8 Å². The number of nitrogens with zero attached hydrogens (tertiary/aromatic N) is 4. The van der Waals surface area contributed by atoms with E-state index in [0.29, 0.717) is 37.9 Å². The number of carbonyl (C=O) groups excluding carboxylic acids is 1. The van der Waals surface area contributed by atoms with Crippen LogP contribution in [0.25, 0.3) is 0 Å². The molecule has 2 aliphatic rings. The van der Waals surface area contributed by atoms with E-state index < -0.39 is 21.7 Å². The number of benzene rings is 1. The van der Waals surface area contributed by atoms with Gasteiger partial charge in [0.2, 0.25) is 5.91 Å². The third-order valence-corrected chi connectivity index (χ3v) is 7.17. The summed E-state index contributed by atoms with van der Waals surface area (Å²) in [6, 6.07) is 3.79. The summed E-state index contributed by atoms with van der Waals surface area (Å²) in [6.45, 7) is 6.05. The zero-order valence-corrected chi connectivity index (χ0v) is 19.2. The Kier molecular flexibility index (Phi) is 6.11. The van der Waals surface area contributed by atoms with Crippen molar-refractivity contribution in [3.63, 3.8) is 0 Å². The minimum absolute atomic E-state index is 0.0603. The lowest BCUT2D eigenvalue weighted by molar-refractivity contribution is -0.130. The predicted octanol–water partition coefficient (Wildman–Crippen LogP) is 2.42. The number of carbonyl (C=O) groups is 1. The Morgan fingerprint density at radius 3 is 2.50 bits per heavy atom. The van der Waals surface area contributed by atoms with E-state index in [-0.39, 0.29) is 28.4 Å². The molecule has 1 atom stereocenters. The van der Waals surface area contributed by atoms with Crippen LogP contribution in [0.15, 0.2) is 27.6 Å². The third kappa shape index (κ3) is 4.57. The van der Waals surface area contributed by atoms with Crippen molar-refractivity contribution >= 4 is 27.4 Å². The zero-order valence-electron chi connectivity index (χ0n) is 18.4. The summed E-state index contributed by atoms with van der Waals surface area (Å²) < 4.78 is 42.9. The Bertz CT molecular complexity index is 1100. The number of likely N-dealkylation sites (tertiary alicyclic amines) is 1. The number of piperidine rings is 1. The largest absolute Gasteiger partial charge is 0.371 e. The number of sulfone groups is 1. The van der Waals surface area contributed by atoms with Gasteiger partial charge in [-0.3, -0.25) is 4.79 Å². The first-order chi connectivity index (χ1) is 15.1. The highest BCUT2D eigenvalue weighted by atomic mass is 32.2. The standard InChI is InChI=1S/C21H28FN5O4S/c1-13(2)19-24-21(31-25-19)26-9-6-14(7-10-26)27-11-8-18(20(27)28)23-17-5-4-15(12-16(17)22)32(3,29)30/h4-5,12-14,18,23H,6-11H2,1-3H3. The third-order valence-electron chi connectivity index (χ3n) is 6.06. The molecule has 2 aliphatic heterocycles. The molecule has 3 heterocycles. The van der Waals surface area contributed by atoms with Crippen LogP contribution < -0.4 is 10.2 Å². The van der Waals surface area contributed by atoms with Crippen LogP contribution in [0.2, 0.25) is 0 Å². The molecule has 0 spiro atoms. The van der Waals surface area contributed by atoms with Gasteiger partial charge in [0.25, 0.3) is 0 Å². The number of hydrogen-bond acceptors (Lipinski definition) is 8. The highest BCUT2D eigenvalue weighted by Crippen LogP contribution is 2.28. The summed E-state index contributed by atoms with van der Waals surface area (Å²) in [7, 11) is -3.49. The second kappa shape index (κ2) is 8.68. The van der Waals surface area contributed by atoms with Crippen LogP contribution in [0, 0.1) is 5.82 Å². The lowest BCUT2D eigenvalue weighted by Crippen LogP contribution is -2.47. The Balaban J connectivity index is 1.35. The Labute approximate surface area is 186 Å². The molecule has 11 heteroatoms. The van der Waals surface area contributed by atoms with Gasteiger partial charge in [-0.25, -0.2) is 12.8 Å². The lowest BCUT2D eigenvalue weighted by atomic mass is 10.0. The first-order valence-electron chi connectivity index (χ1n) is 10.8. The fraction of sp³-hybridized carbons (Fsp3) is 0.571. The predicted molar refractivity (Wildman–Crippen MR) is 117 cm³/mol. The summed E-state index contributed by atoms with van der Waals surface area (Å²) in [5.41, 5.74) is 0.129. The molecule has 0 radical (unpaired) electrons. The van der Waals surface area contributed by atoms with E-state index in [1.165, 1.54) is 12.1 Å². The average Bonchev–Trinajstić information content (AvgIpc) is 3.37. The number of halogens is 1. The quantitative estimate of drug-likeness (QED) is 0.693. The summed E-state index contributed by atoms with van der Waals surface area (Å²) in [6.07, 6.45) is 3.17. The van der Waals surface area contributed by atoms with E-state index in [0.717, 1.165) is 25.2 Å². The second-order valence-corrected chi connectivity index (χ2v) is 10.8. The van der Waals surface area contributed by atoms with Crippen molar-refractivity contribution in [2.24, 2.45) is 0 Å². The maximum absolute atomic E-state index is 14.4. The van der Waals surface area contributed by atoms with E-state index in [1.54, 1.807) is 0 Å². The van der Waals surface area contributed by atoms with Gasteiger partial charge in [0.1, 0.15) is 11.9 Å². The molecule has 1 N–H and O–H groups in total. The molecular formula is C21H28FN5O4S. The van der Waals surface area contributed by atoms with Crippen LogP contribution in [0.3, 0.4) is 0 Å². The molecule has 1 aromatic heterocycles. The van der Waals surface area contributed by atoms with Gasteiger partial charge in [-0.15, -0.1) is 0 Å². The van der Waals surface area contributed by atoms with Crippen LogP contribution >= 0.6 is 0 Å². The summed E-state index contributed by atoms with van der Waals surface area (Å²) >= 11 is 0. The van der Waals surface area contributed by atoms with Crippen molar-refractivity contribution in [1.82, 2.24) is 15.0 Å². The van der Waals surface area contributed by atoms with Crippen LogP contribution in [0.1, 0.15) is 44.9 Å². The number of amides is 1. The molecule has 1 amide bonds. The van der Waals surface area contributed by atoms with Crippen LogP contribution in [0.5, 0.6) is 0 Å². The van der Waals surface area contributed by atoms with E-state index in [2.05, 4.69) is 15.5 Å². The molecule has 2 fully saturated rings. The van der Waals surface area contributed by atoms with E-state index in [4.69, 9.17) is 4.52 Å². The van der Waals surface area contributed by atoms with Crippen molar-refractivity contribution in [3.8, 4) is 0 Å². The van der Waals surface area contributed by atoms with Gasteiger partial charge < -0.3 is 19.6 Å². The summed E-state index contributed by atoms with van der Waals surface area (Å²) in [5, 5.41) is 6.96. The van der Waals surface area contributed by atoms with Crippen molar-refractivity contribution < 1.29 is 22.1 Å².